The maximum atomic E-state index is 13.2. The van der Waals surface area contributed by atoms with Gasteiger partial charge in [0.25, 0.3) is 15.9 Å². The second kappa shape index (κ2) is 7.61. The molecule has 0 fully saturated rings. The van der Waals surface area contributed by atoms with E-state index >= 15 is 0 Å². The fraction of sp³-hybridized carbons (Fsp3) is 0.208. The Kier molecular flexibility index (Phi) is 5.12. The van der Waals surface area contributed by atoms with Crippen LogP contribution in [-0.4, -0.2) is 20.4 Å². The molecule has 5 nitrogen and oxygen atoms in total. The molecule has 0 saturated heterocycles. The number of benzene rings is 3. The minimum atomic E-state index is -3.66. The highest BCUT2D eigenvalue weighted by atomic mass is 32.2. The molecular weight excluding hydrogens is 396 g/mol. The second-order valence-corrected chi connectivity index (χ2v) is 9.58. The number of hydrogen-bond acceptors (Lipinski definition) is 3. The molecule has 0 saturated carbocycles. The summed E-state index contributed by atoms with van der Waals surface area (Å²) in [7, 11) is -3.66. The van der Waals surface area contributed by atoms with Crippen molar-refractivity contribution in [3.05, 3.63) is 89.0 Å². The Morgan fingerprint density at radius 1 is 0.967 bits per heavy atom. The van der Waals surface area contributed by atoms with Gasteiger partial charge in [0.1, 0.15) is 0 Å². The van der Waals surface area contributed by atoms with E-state index in [9.17, 15) is 13.2 Å². The first kappa shape index (κ1) is 20.2. The molecule has 30 heavy (non-hydrogen) atoms. The Bertz CT molecular complexity index is 1220. The van der Waals surface area contributed by atoms with Crippen LogP contribution in [0.3, 0.4) is 0 Å². The van der Waals surface area contributed by atoms with Gasteiger partial charge in [0, 0.05) is 17.3 Å². The van der Waals surface area contributed by atoms with Gasteiger partial charge in [0.05, 0.1) is 10.6 Å². The smallest absolute Gasteiger partial charge is 0.264 e. The Hall–Kier alpha value is -3.12. The molecule has 154 valence electrons. The fourth-order valence-corrected chi connectivity index (χ4v) is 5.55. The largest absolute Gasteiger partial charge is 0.322 e. The molecule has 0 aliphatic carbocycles. The van der Waals surface area contributed by atoms with Crippen LogP contribution in [0.15, 0.2) is 71.6 Å². The monoisotopic (exact) mass is 420 g/mol. The molecule has 1 amide bonds. The minimum absolute atomic E-state index is 0.210. The lowest BCUT2D eigenvalue weighted by Crippen LogP contribution is -2.35. The van der Waals surface area contributed by atoms with Crippen LogP contribution in [0.2, 0.25) is 0 Å². The van der Waals surface area contributed by atoms with E-state index in [4.69, 9.17) is 0 Å². The highest BCUT2D eigenvalue weighted by Crippen LogP contribution is 2.37. The van der Waals surface area contributed by atoms with Gasteiger partial charge >= 0.3 is 0 Å². The van der Waals surface area contributed by atoms with Gasteiger partial charge in [-0.1, -0.05) is 24.3 Å². The second-order valence-electron chi connectivity index (χ2n) is 7.76. The fourth-order valence-electron chi connectivity index (χ4n) is 3.84. The molecule has 3 aromatic carbocycles. The Balaban J connectivity index is 1.62. The van der Waals surface area contributed by atoms with Crippen molar-refractivity contribution >= 4 is 27.3 Å². The van der Waals surface area contributed by atoms with Crippen LogP contribution in [0.25, 0.3) is 0 Å². The van der Waals surface area contributed by atoms with Crippen molar-refractivity contribution in [2.75, 3.05) is 9.62 Å². The number of amides is 1. The summed E-state index contributed by atoms with van der Waals surface area (Å²) in [5.74, 6) is -0.210. The van der Waals surface area contributed by atoms with Crippen LogP contribution >= 0.6 is 0 Å². The molecule has 0 bridgehead atoms. The first-order valence-electron chi connectivity index (χ1n) is 9.88. The van der Waals surface area contributed by atoms with Gasteiger partial charge in [-0.3, -0.25) is 9.10 Å². The van der Waals surface area contributed by atoms with Gasteiger partial charge < -0.3 is 5.32 Å². The number of anilines is 2. The average molecular weight is 421 g/mol. The van der Waals surface area contributed by atoms with Crippen molar-refractivity contribution in [3.63, 3.8) is 0 Å². The Morgan fingerprint density at radius 2 is 1.70 bits per heavy atom. The predicted molar refractivity (Wildman–Crippen MR) is 120 cm³/mol. The molecular formula is C24H24N2O3S. The molecule has 4 rings (SSSR count). The maximum absolute atomic E-state index is 13.2. The SMILES string of the molecule is Cc1ccc(NC(=O)c2ccc3c(c2)C[C@H](C)N3S(=O)(=O)c2ccccc2)cc1C. The number of hydrogen-bond donors (Lipinski definition) is 1. The molecule has 0 radical (unpaired) electrons. The number of sulfonamides is 1. The highest BCUT2D eigenvalue weighted by Gasteiger charge is 2.36. The summed E-state index contributed by atoms with van der Waals surface area (Å²) in [5, 5.41) is 2.93. The molecule has 1 atom stereocenters. The van der Waals surface area contributed by atoms with Crippen LogP contribution < -0.4 is 9.62 Å². The van der Waals surface area contributed by atoms with Crippen LogP contribution in [-0.2, 0) is 16.4 Å². The molecule has 1 N–H and O–H groups in total. The lowest BCUT2D eigenvalue weighted by atomic mass is 10.1. The zero-order valence-corrected chi connectivity index (χ0v) is 18.0. The zero-order chi connectivity index (χ0) is 21.5. The molecule has 0 unspecified atom stereocenters. The van der Waals surface area contributed by atoms with Gasteiger partial charge in [-0.2, -0.15) is 0 Å². The third-order valence-corrected chi connectivity index (χ3v) is 7.50. The summed E-state index contributed by atoms with van der Waals surface area (Å²) in [5.41, 5.74) is 5.02. The number of aryl methyl sites for hydroxylation is 2. The van der Waals surface area contributed by atoms with Crippen molar-refractivity contribution in [1.82, 2.24) is 0 Å². The number of carbonyl (C=O) groups is 1. The number of nitrogens with zero attached hydrogens (tertiary/aromatic N) is 1. The van der Waals surface area contributed by atoms with Gasteiger partial charge in [-0.15, -0.1) is 0 Å². The van der Waals surface area contributed by atoms with Gasteiger partial charge in [-0.05, 0) is 86.3 Å². The standard InChI is InChI=1S/C24H24N2O3S/c1-16-9-11-21(13-17(16)2)25-24(27)19-10-12-23-20(15-19)14-18(3)26(23)30(28,29)22-7-5-4-6-8-22/h4-13,15,18H,14H2,1-3H3,(H,25,27)/t18-/m0/s1. The molecule has 1 heterocycles. The normalized spacial score (nSPS) is 15.7. The van der Waals surface area contributed by atoms with E-state index in [0.717, 1.165) is 16.8 Å². The maximum Gasteiger partial charge on any atom is 0.264 e. The molecule has 3 aromatic rings. The Morgan fingerprint density at radius 3 is 2.40 bits per heavy atom. The minimum Gasteiger partial charge on any atom is -0.322 e. The van der Waals surface area contributed by atoms with E-state index in [0.29, 0.717) is 17.7 Å². The quantitative estimate of drug-likeness (QED) is 0.666. The van der Waals surface area contributed by atoms with E-state index < -0.39 is 10.0 Å². The van der Waals surface area contributed by atoms with E-state index in [-0.39, 0.29) is 16.8 Å². The lowest BCUT2D eigenvalue weighted by Gasteiger charge is -2.24. The molecule has 0 aromatic heterocycles. The summed E-state index contributed by atoms with van der Waals surface area (Å²) >= 11 is 0. The molecule has 0 spiro atoms. The van der Waals surface area contributed by atoms with Crippen molar-refractivity contribution < 1.29 is 13.2 Å². The topological polar surface area (TPSA) is 66.5 Å². The molecule has 1 aliphatic heterocycles. The summed E-state index contributed by atoms with van der Waals surface area (Å²) in [6.45, 7) is 5.91. The number of rotatable bonds is 4. The van der Waals surface area contributed by atoms with Crippen molar-refractivity contribution in [1.29, 1.82) is 0 Å². The average Bonchev–Trinajstić information content (AvgIpc) is 3.07. The predicted octanol–water partition coefficient (Wildman–Crippen LogP) is 4.70. The van der Waals surface area contributed by atoms with Crippen molar-refractivity contribution in [2.24, 2.45) is 0 Å². The van der Waals surface area contributed by atoms with Crippen molar-refractivity contribution in [3.8, 4) is 0 Å². The number of nitrogens with one attached hydrogen (secondary N) is 1. The summed E-state index contributed by atoms with van der Waals surface area (Å²) in [4.78, 5) is 13.0. The van der Waals surface area contributed by atoms with Gasteiger partial charge in [0.15, 0.2) is 0 Å². The van der Waals surface area contributed by atoms with E-state index in [1.807, 2.05) is 39.0 Å². The highest BCUT2D eigenvalue weighted by molar-refractivity contribution is 7.92. The zero-order valence-electron chi connectivity index (χ0n) is 17.2. The van der Waals surface area contributed by atoms with E-state index in [2.05, 4.69) is 5.32 Å². The molecule has 1 aliphatic rings. The van der Waals surface area contributed by atoms with Crippen LogP contribution in [0, 0.1) is 13.8 Å². The first-order valence-corrected chi connectivity index (χ1v) is 11.3. The third-order valence-electron chi connectivity index (χ3n) is 5.56. The third kappa shape index (κ3) is 3.59. The number of fused-ring (bicyclic) bond motifs is 1. The van der Waals surface area contributed by atoms with E-state index in [1.54, 1.807) is 48.5 Å². The summed E-state index contributed by atoms with van der Waals surface area (Å²) in [6, 6.07) is 19.2. The summed E-state index contributed by atoms with van der Waals surface area (Å²) in [6.07, 6.45) is 0.562. The Labute approximate surface area is 177 Å². The van der Waals surface area contributed by atoms with Gasteiger partial charge in [0.2, 0.25) is 0 Å². The van der Waals surface area contributed by atoms with Crippen LogP contribution in [0.1, 0.15) is 34.0 Å². The number of carbonyl (C=O) groups excluding carboxylic acids is 1. The van der Waals surface area contributed by atoms with E-state index in [1.165, 1.54) is 9.87 Å². The lowest BCUT2D eigenvalue weighted by molar-refractivity contribution is 0.102. The van der Waals surface area contributed by atoms with Crippen LogP contribution in [0.4, 0.5) is 11.4 Å². The summed E-state index contributed by atoms with van der Waals surface area (Å²) < 4.78 is 27.8. The van der Waals surface area contributed by atoms with Crippen molar-refractivity contribution in [2.45, 2.75) is 38.1 Å². The van der Waals surface area contributed by atoms with Crippen LogP contribution in [0.5, 0.6) is 0 Å². The molecule has 6 heteroatoms. The van der Waals surface area contributed by atoms with Gasteiger partial charge in [-0.25, -0.2) is 8.42 Å². The first-order chi connectivity index (χ1) is 14.3.